The molecule has 0 aliphatic rings. The van der Waals surface area contributed by atoms with Crippen molar-refractivity contribution in [1.29, 1.82) is 5.26 Å². The standard InChI is InChI=1S/C12H14N2O3/c1-7(15)9-6-8(2-3-10(9)14)12(17)11(16)4-5-13/h2-3,6,11-12,16-17H,4,14H2,1H3. The third kappa shape index (κ3) is 3.03. The number of rotatable bonds is 4. The quantitative estimate of drug-likeness (QED) is 0.527. The topological polar surface area (TPSA) is 107 Å². The van der Waals surface area contributed by atoms with Crippen LogP contribution in [0.15, 0.2) is 18.2 Å². The molecule has 0 aliphatic heterocycles. The SMILES string of the molecule is CC(=O)c1cc(C(O)C(O)CC#N)ccc1N. The van der Waals surface area contributed by atoms with Crippen LogP contribution in [0.2, 0.25) is 0 Å². The number of nitrogens with two attached hydrogens (primary N) is 1. The normalized spacial score (nSPS) is 13.8. The highest BCUT2D eigenvalue weighted by atomic mass is 16.3. The number of benzene rings is 1. The molecule has 0 saturated heterocycles. The summed E-state index contributed by atoms with van der Waals surface area (Å²) in [6.07, 6.45) is -2.56. The number of anilines is 1. The Morgan fingerprint density at radius 1 is 1.53 bits per heavy atom. The van der Waals surface area contributed by atoms with Crippen molar-refractivity contribution >= 4 is 11.5 Å². The van der Waals surface area contributed by atoms with Crippen LogP contribution in [-0.4, -0.2) is 22.1 Å². The third-order valence-corrected chi connectivity index (χ3v) is 2.46. The number of aliphatic hydroxyl groups excluding tert-OH is 2. The predicted molar refractivity (Wildman–Crippen MR) is 62.1 cm³/mol. The molecule has 2 unspecified atom stereocenters. The van der Waals surface area contributed by atoms with Gasteiger partial charge >= 0.3 is 0 Å². The smallest absolute Gasteiger partial charge is 0.161 e. The summed E-state index contributed by atoms with van der Waals surface area (Å²) in [5, 5.41) is 27.7. The summed E-state index contributed by atoms with van der Waals surface area (Å²) in [7, 11) is 0. The Kier molecular flexibility index (Phi) is 4.21. The Hall–Kier alpha value is -1.90. The number of hydrogen-bond donors (Lipinski definition) is 3. The molecular weight excluding hydrogens is 220 g/mol. The van der Waals surface area contributed by atoms with E-state index in [1.165, 1.54) is 25.1 Å². The Balaban J connectivity index is 3.04. The number of aliphatic hydroxyl groups is 2. The van der Waals surface area contributed by atoms with Crippen molar-refractivity contribution < 1.29 is 15.0 Å². The third-order valence-electron chi connectivity index (χ3n) is 2.46. The molecule has 1 rings (SSSR count). The van der Waals surface area contributed by atoms with E-state index in [-0.39, 0.29) is 12.2 Å². The number of ketones is 1. The fourth-order valence-corrected chi connectivity index (χ4v) is 1.49. The molecule has 0 spiro atoms. The molecule has 0 heterocycles. The molecule has 5 heteroatoms. The number of nitrogens with zero attached hydrogens (tertiary/aromatic N) is 1. The number of carbonyl (C=O) groups is 1. The maximum absolute atomic E-state index is 11.3. The van der Waals surface area contributed by atoms with Gasteiger partial charge in [-0.3, -0.25) is 4.79 Å². The summed E-state index contributed by atoms with van der Waals surface area (Å²) >= 11 is 0. The van der Waals surface area contributed by atoms with E-state index in [0.717, 1.165) is 0 Å². The van der Waals surface area contributed by atoms with Crippen LogP contribution in [0.25, 0.3) is 0 Å². The fraction of sp³-hybridized carbons (Fsp3) is 0.333. The van der Waals surface area contributed by atoms with Gasteiger partial charge in [-0.05, 0) is 24.6 Å². The van der Waals surface area contributed by atoms with E-state index in [1.54, 1.807) is 6.07 Å². The van der Waals surface area contributed by atoms with Crippen molar-refractivity contribution in [3.05, 3.63) is 29.3 Å². The number of nitrogen functional groups attached to an aromatic ring is 1. The molecule has 0 bridgehead atoms. The first kappa shape index (κ1) is 13.2. The van der Waals surface area contributed by atoms with Gasteiger partial charge < -0.3 is 15.9 Å². The molecule has 1 aromatic rings. The van der Waals surface area contributed by atoms with Crippen molar-refractivity contribution in [2.24, 2.45) is 0 Å². The average molecular weight is 234 g/mol. The molecular formula is C12H14N2O3. The molecule has 5 nitrogen and oxygen atoms in total. The van der Waals surface area contributed by atoms with Crippen molar-refractivity contribution in [2.45, 2.75) is 25.6 Å². The molecule has 0 amide bonds. The molecule has 0 aromatic heterocycles. The molecule has 2 atom stereocenters. The Bertz CT molecular complexity index is 465. The second kappa shape index (κ2) is 5.43. The summed E-state index contributed by atoms with van der Waals surface area (Å²) in [5.74, 6) is -0.216. The zero-order valence-corrected chi connectivity index (χ0v) is 9.42. The lowest BCUT2D eigenvalue weighted by Gasteiger charge is -2.16. The maximum atomic E-state index is 11.3. The molecule has 0 fully saturated rings. The summed E-state index contributed by atoms with van der Waals surface area (Å²) in [6, 6.07) is 6.21. The van der Waals surface area contributed by atoms with Gasteiger partial charge in [0.15, 0.2) is 5.78 Å². The predicted octanol–water partition coefficient (Wildman–Crippen LogP) is 0.779. The van der Waals surface area contributed by atoms with E-state index in [4.69, 9.17) is 11.0 Å². The van der Waals surface area contributed by atoms with Crippen molar-refractivity contribution in [2.75, 3.05) is 5.73 Å². The van der Waals surface area contributed by atoms with Crippen LogP contribution < -0.4 is 5.73 Å². The Labute approximate surface area is 99.1 Å². The first-order chi connectivity index (χ1) is 7.97. The van der Waals surface area contributed by atoms with E-state index >= 15 is 0 Å². The van der Waals surface area contributed by atoms with Crippen LogP contribution >= 0.6 is 0 Å². The lowest BCUT2D eigenvalue weighted by molar-refractivity contribution is 0.0216. The second-order valence-corrected chi connectivity index (χ2v) is 3.78. The van der Waals surface area contributed by atoms with Crippen LogP contribution in [0.1, 0.15) is 35.4 Å². The van der Waals surface area contributed by atoms with Gasteiger partial charge in [-0.1, -0.05) is 6.07 Å². The van der Waals surface area contributed by atoms with E-state index < -0.39 is 12.2 Å². The van der Waals surface area contributed by atoms with E-state index in [1.807, 2.05) is 0 Å². The van der Waals surface area contributed by atoms with Crippen molar-refractivity contribution in [3.8, 4) is 6.07 Å². The lowest BCUT2D eigenvalue weighted by atomic mass is 9.98. The summed E-state index contributed by atoms with van der Waals surface area (Å²) in [5.41, 5.74) is 6.60. The second-order valence-electron chi connectivity index (χ2n) is 3.78. The number of hydrogen-bond acceptors (Lipinski definition) is 5. The molecule has 90 valence electrons. The summed E-state index contributed by atoms with van der Waals surface area (Å²) in [4.78, 5) is 11.3. The van der Waals surface area contributed by atoms with Crippen molar-refractivity contribution in [1.82, 2.24) is 0 Å². The highest BCUT2D eigenvalue weighted by molar-refractivity contribution is 5.99. The number of carbonyl (C=O) groups excluding carboxylic acids is 1. The first-order valence-electron chi connectivity index (χ1n) is 5.10. The first-order valence-corrected chi connectivity index (χ1v) is 5.10. The van der Waals surface area contributed by atoms with Gasteiger partial charge in [0, 0.05) is 11.3 Å². The minimum Gasteiger partial charge on any atom is -0.398 e. The van der Waals surface area contributed by atoms with E-state index in [2.05, 4.69) is 0 Å². The summed E-state index contributed by atoms with van der Waals surface area (Å²) < 4.78 is 0. The van der Waals surface area contributed by atoms with Gasteiger partial charge in [0.05, 0.1) is 18.6 Å². The van der Waals surface area contributed by atoms with Crippen LogP contribution in [-0.2, 0) is 0 Å². The number of nitriles is 1. The van der Waals surface area contributed by atoms with E-state index in [0.29, 0.717) is 16.8 Å². The fourth-order valence-electron chi connectivity index (χ4n) is 1.49. The Morgan fingerprint density at radius 2 is 2.18 bits per heavy atom. The molecule has 17 heavy (non-hydrogen) atoms. The van der Waals surface area contributed by atoms with Gasteiger partial charge in [0.25, 0.3) is 0 Å². The summed E-state index contributed by atoms with van der Waals surface area (Å²) in [6.45, 7) is 1.37. The van der Waals surface area contributed by atoms with Crippen molar-refractivity contribution in [3.63, 3.8) is 0 Å². The molecule has 0 aliphatic carbocycles. The van der Waals surface area contributed by atoms with Crippen LogP contribution in [0.5, 0.6) is 0 Å². The van der Waals surface area contributed by atoms with Gasteiger partial charge in [-0.25, -0.2) is 0 Å². The molecule has 0 saturated carbocycles. The minimum atomic E-state index is -1.20. The highest BCUT2D eigenvalue weighted by Crippen LogP contribution is 2.23. The molecule has 4 N–H and O–H groups in total. The molecule has 1 aromatic carbocycles. The maximum Gasteiger partial charge on any atom is 0.161 e. The monoisotopic (exact) mass is 234 g/mol. The zero-order valence-electron chi connectivity index (χ0n) is 9.42. The highest BCUT2D eigenvalue weighted by Gasteiger charge is 2.19. The Morgan fingerprint density at radius 3 is 2.71 bits per heavy atom. The average Bonchev–Trinajstić information content (AvgIpc) is 2.28. The van der Waals surface area contributed by atoms with Gasteiger partial charge in [-0.15, -0.1) is 0 Å². The van der Waals surface area contributed by atoms with Crippen LogP contribution in [0.4, 0.5) is 5.69 Å². The largest absolute Gasteiger partial charge is 0.398 e. The van der Waals surface area contributed by atoms with Gasteiger partial charge in [-0.2, -0.15) is 5.26 Å². The van der Waals surface area contributed by atoms with Gasteiger partial charge in [0.1, 0.15) is 6.10 Å². The number of Topliss-reactive ketones (excluding diaryl/α,β-unsaturated/α-hetero) is 1. The lowest BCUT2D eigenvalue weighted by Crippen LogP contribution is -2.18. The van der Waals surface area contributed by atoms with Crippen LogP contribution in [0, 0.1) is 11.3 Å². The zero-order chi connectivity index (χ0) is 13.0. The molecule has 0 radical (unpaired) electrons. The van der Waals surface area contributed by atoms with E-state index in [9.17, 15) is 15.0 Å². The van der Waals surface area contributed by atoms with Crippen LogP contribution in [0.3, 0.4) is 0 Å². The van der Waals surface area contributed by atoms with Gasteiger partial charge in [0.2, 0.25) is 0 Å². The minimum absolute atomic E-state index is 0.180.